The fourth-order valence-corrected chi connectivity index (χ4v) is 3.90. The average Bonchev–Trinajstić information content (AvgIpc) is 3.33. The predicted molar refractivity (Wildman–Crippen MR) is 119 cm³/mol. The highest BCUT2D eigenvalue weighted by Gasteiger charge is 2.30. The molecule has 1 aliphatic rings. The Morgan fingerprint density at radius 2 is 1.90 bits per heavy atom. The van der Waals surface area contributed by atoms with Gasteiger partial charge >= 0.3 is 5.97 Å². The van der Waals surface area contributed by atoms with Crippen LogP contribution >= 0.6 is 11.3 Å². The Kier molecular flexibility index (Phi) is 5.42. The molecule has 1 aromatic heterocycles. The molecule has 0 fully saturated rings. The second-order valence-electron chi connectivity index (χ2n) is 7.22. The first-order valence-corrected chi connectivity index (χ1v) is 10.4. The number of carbonyl (C=O) groups excluding carboxylic acids is 2. The lowest BCUT2D eigenvalue weighted by Gasteiger charge is -2.12. The topological polar surface area (TPSA) is 55.8 Å². The van der Waals surface area contributed by atoms with Crippen LogP contribution in [0.3, 0.4) is 0 Å². The lowest BCUT2D eigenvalue weighted by molar-refractivity contribution is -0.133. The minimum atomic E-state index is -0.346. The highest BCUT2D eigenvalue weighted by Crippen LogP contribution is 2.39. The maximum Gasteiger partial charge on any atom is 0.316 e. The molecule has 0 saturated heterocycles. The Balaban J connectivity index is 1.54. The van der Waals surface area contributed by atoms with E-state index in [0.29, 0.717) is 22.6 Å². The minimum absolute atomic E-state index is 0.179. The van der Waals surface area contributed by atoms with E-state index < -0.39 is 0 Å². The van der Waals surface area contributed by atoms with Crippen LogP contribution < -0.4 is 14.4 Å². The molecule has 0 atom stereocenters. The molecule has 4 rings (SSSR count). The number of carbonyl (C=O) groups is 2. The summed E-state index contributed by atoms with van der Waals surface area (Å²) in [6.45, 7) is 1.79. The van der Waals surface area contributed by atoms with Crippen LogP contribution in [0.1, 0.15) is 26.4 Å². The van der Waals surface area contributed by atoms with Crippen LogP contribution in [0, 0.1) is 6.92 Å². The molecule has 3 aromatic rings. The zero-order valence-corrected chi connectivity index (χ0v) is 17.8. The highest BCUT2D eigenvalue weighted by atomic mass is 32.1. The van der Waals surface area contributed by atoms with E-state index in [1.807, 2.05) is 60.8 Å². The number of esters is 1. The molecule has 152 valence electrons. The van der Waals surface area contributed by atoms with E-state index in [1.54, 1.807) is 25.1 Å². The van der Waals surface area contributed by atoms with Gasteiger partial charge in [-0.3, -0.25) is 9.59 Å². The molecule has 0 aliphatic carbocycles. The Morgan fingerprint density at radius 3 is 2.57 bits per heavy atom. The van der Waals surface area contributed by atoms with Crippen molar-refractivity contribution >= 4 is 34.9 Å². The number of rotatable bonds is 5. The lowest BCUT2D eigenvalue weighted by atomic mass is 10.1. The van der Waals surface area contributed by atoms with Gasteiger partial charge in [0.25, 0.3) is 0 Å². The Labute approximate surface area is 179 Å². The Morgan fingerprint density at radius 1 is 1.13 bits per heavy atom. The quantitative estimate of drug-likeness (QED) is 0.335. The fourth-order valence-electron chi connectivity index (χ4n) is 3.21. The summed E-state index contributed by atoms with van der Waals surface area (Å²) in [5.41, 5.74) is 3.05. The van der Waals surface area contributed by atoms with Crippen molar-refractivity contribution in [2.75, 3.05) is 19.0 Å². The van der Waals surface area contributed by atoms with Crippen LogP contribution in [-0.4, -0.2) is 25.8 Å². The highest BCUT2D eigenvalue weighted by molar-refractivity contribution is 7.10. The summed E-state index contributed by atoms with van der Waals surface area (Å²) in [5.74, 6) is 0.577. The molecule has 30 heavy (non-hydrogen) atoms. The van der Waals surface area contributed by atoms with Crippen molar-refractivity contribution in [3.8, 4) is 11.5 Å². The van der Waals surface area contributed by atoms with Crippen molar-refractivity contribution in [1.82, 2.24) is 0 Å². The Hall–Kier alpha value is -3.38. The molecular formula is C24H21NO4S. The molecule has 0 radical (unpaired) electrons. The summed E-state index contributed by atoms with van der Waals surface area (Å²) in [4.78, 5) is 28.0. The van der Waals surface area contributed by atoms with Crippen molar-refractivity contribution < 1.29 is 19.1 Å². The number of ketones is 1. The van der Waals surface area contributed by atoms with E-state index in [1.165, 1.54) is 11.3 Å². The molecule has 2 aromatic carbocycles. The number of hydrogen-bond acceptors (Lipinski definition) is 6. The van der Waals surface area contributed by atoms with Gasteiger partial charge in [-0.2, -0.15) is 0 Å². The third kappa shape index (κ3) is 4.00. The van der Waals surface area contributed by atoms with E-state index in [4.69, 9.17) is 9.47 Å². The van der Waals surface area contributed by atoms with Crippen LogP contribution in [-0.2, 0) is 11.2 Å². The van der Waals surface area contributed by atoms with Crippen molar-refractivity contribution in [2.45, 2.75) is 13.3 Å². The van der Waals surface area contributed by atoms with Gasteiger partial charge in [0.15, 0.2) is 5.76 Å². The summed E-state index contributed by atoms with van der Waals surface area (Å²) in [6.07, 6.45) is 1.94. The largest absolute Gasteiger partial charge is 0.452 e. The van der Waals surface area contributed by atoms with E-state index in [-0.39, 0.29) is 23.9 Å². The molecule has 0 N–H and O–H groups in total. The lowest BCUT2D eigenvalue weighted by Crippen LogP contribution is -2.11. The van der Waals surface area contributed by atoms with Crippen LogP contribution in [0.5, 0.6) is 11.5 Å². The molecule has 0 unspecified atom stereocenters. The zero-order valence-electron chi connectivity index (χ0n) is 17.0. The molecule has 0 saturated carbocycles. The SMILES string of the molecule is Cc1c(OC(=O)Cc2cccs2)ccc2c1O/C(=C\c1ccc(N(C)C)cc1)C2=O. The van der Waals surface area contributed by atoms with Gasteiger partial charge in [0.1, 0.15) is 11.5 Å². The molecular weight excluding hydrogens is 398 g/mol. The summed E-state index contributed by atoms with van der Waals surface area (Å²) >= 11 is 1.51. The van der Waals surface area contributed by atoms with Crippen LogP contribution in [0.4, 0.5) is 5.69 Å². The van der Waals surface area contributed by atoms with Crippen LogP contribution in [0.25, 0.3) is 6.08 Å². The molecule has 5 nitrogen and oxygen atoms in total. The standard InChI is InChI=1S/C24H21NO4S/c1-15-20(28-22(26)14-18-5-4-12-30-18)11-10-19-23(27)21(29-24(15)19)13-16-6-8-17(9-7-16)25(2)3/h4-13H,14H2,1-3H3/b21-13-. The third-order valence-electron chi connectivity index (χ3n) is 4.87. The second-order valence-corrected chi connectivity index (χ2v) is 8.25. The van der Waals surface area contributed by atoms with E-state index in [2.05, 4.69) is 0 Å². The number of ether oxygens (including phenoxy) is 2. The first-order chi connectivity index (χ1) is 14.4. The number of Topliss-reactive ketones (excluding diaryl/α,β-unsaturated/α-hetero) is 1. The molecule has 0 spiro atoms. The van der Waals surface area contributed by atoms with E-state index in [0.717, 1.165) is 16.1 Å². The Bertz CT molecular complexity index is 1130. The number of thiophene rings is 1. The monoisotopic (exact) mass is 419 g/mol. The van der Waals surface area contributed by atoms with Gasteiger partial charge in [-0.1, -0.05) is 18.2 Å². The summed E-state index contributed by atoms with van der Waals surface area (Å²) in [6, 6.07) is 14.9. The van der Waals surface area contributed by atoms with Gasteiger partial charge in [0.2, 0.25) is 5.78 Å². The van der Waals surface area contributed by atoms with Gasteiger partial charge in [0.05, 0.1) is 12.0 Å². The van der Waals surface area contributed by atoms with Crippen molar-refractivity contribution in [3.63, 3.8) is 0 Å². The predicted octanol–water partition coefficient (Wildman–Crippen LogP) is 4.89. The van der Waals surface area contributed by atoms with Gasteiger partial charge in [0, 0.05) is 30.2 Å². The van der Waals surface area contributed by atoms with E-state index >= 15 is 0 Å². The maximum absolute atomic E-state index is 12.8. The van der Waals surface area contributed by atoms with Gasteiger partial charge in [-0.05, 0) is 54.3 Å². The van der Waals surface area contributed by atoms with Gasteiger partial charge in [-0.15, -0.1) is 11.3 Å². The minimum Gasteiger partial charge on any atom is -0.452 e. The first kappa shape index (κ1) is 19.9. The first-order valence-electron chi connectivity index (χ1n) is 9.50. The normalized spacial score (nSPS) is 13.8. The molecule has 0 bridgehead atoms. The fraction of sp³-hybridized carbons (Fsp3) is 0.167. The number of benzene rings is 2. The number of hydrogen-bond donors (Lipinski definition) is 0. The van der Waals surface area contributed by atoms with Crippen molar-refractivity contribution in [2.24, 2.45) is 0 Å². The second kappa shape index (κ2) is 8.16. The number of fused-ring (bicyclic) bond motifs is 1. The third-order valence-corrected chi connectivity index (χ3v) is 5.74. The zero-order chi connectivity index (χ0) is 21.3. The van der Waals surface area contributed by atoms with Gasteiger partial charge < -0.3 is 14.4 Å². The smallest absolute Gasteiger partial charge is 0.316 e. The summed E-state index contributed by atoms with van der Waals surface area (Å²) in [7, 11) is 3.95. The van der Waals surface area contributed by atoms with Crippen molar-refractivity contribution in [1.29, 1.82) is 0 Å². The van der Waals surface area contributed by atoms with Crippen LogP contribution in [0.2, 0.25) is 0 Å². The average molecular weight is 420 g/mol. The number of nitrogens with zero attached hydrogens (tertiary/aromatic N) is 1. The molecule has 1 aliphatic heterocycles. The molecule has 0 amide bonds. The molecule has 6 heteroatoms. The summed E-state index contributed by atoms with van der Waals surface area (Å²) in [5, 5.41) is 1.92. The summed E-state index contributed by atoms with van der Waals surface area (Å²) < 4.78 is 11.4. The van der Waals surface area contributed by atoms with Crippen LogP contribution in [0.15, 0.2) is 59.7 Å². The van der Waals surface area contributed by atoms with Gasteiger partial charge in [-0.25, -0.2) is 0 Å². The van der Waals surface area contributed by atoms with Crippen molar-refractivity contribution in [3.05, 3.63) is 81.2 Å². The van der Waals surface area contributed by atoms with E-state index in [9.17, 15) is 9.59 Å². The maximum atomic E-state index is 12.8. The number of anilines is 1. The molecule has 2 heterocycles. The number of allylic oxidation sites excluding steroid dienone is 1.